The Bertz CT molecular complexity index is 1240. The predicted octanol–water partition coefficient (Wildman–Crippen LogP) is 4.95. The third-order valence-corrected chi connectivity index (χ3v) is 5.78. The molecule has 35 heavy (non-hydrogen) atoms. The average Bonchev–Trinajstić information content (AvgIpc) is 3.59. The van der Waals surface area contributed by atoms with Crippen LogP contribution in [-0.2, 0) is 35.4 Å². The molecule has 0 saturated heterocycles. The van der Waals surface area contributed by atoms with Crippen LogP contribution in [0.25, 0.3) is 0 Å². The molecule has 2 heterocycles. The molecule has 0 atom stereocenters. The quantitative estimate of drug-likeness (QED) is 0.452. The molecule has 0 radical (unpaired) electrons. The molecule has 0 aliphatic heterocycles. The van der Waals surface area contributed by atoms with E-state index in [0.717, 1.165) is 29.5 Å². The molecule has 12 heteroatoms. The molecular weight excluding hydrogens is 476 g/mol. The van der Waals surface area contributed by atoms with Crippen molar-refractivity contribution in [2.75, 3.05) is 5.32 Å². The first kappa shape index (κ1) is 24.4. The summed E-state index contributed by atoms with van der Waals surface area (Å²) >= 11 is 0. The normalized spacial score (nSPS) is 15.0. The van der Waals surface area contributed by atoms with Gasteiger partial charge in [0, 0.05) is 5.69 Å². The smallest absolute Gasteiger partial charge is 0.369 e. The van der Waals surface area contributed by atoms with Crippen LogP contribution in [0, 0.1) is 0 Å². The molecule has 0 unspecified atom stereocenters. The molecule has 1 aliphatic carbocycles. The summed E-state index contributed by atoms with van der Waals surface area (Å²) in [6.07, 6.45) is -6.98. The molecule has 4 rings (SSSR count). The number of nitrogens with one attached hydrogen (secondary N) is 1. The molecule has 3 aromatic rings. The van der Waals surface area contributed by atoms with Gasteiger partial charge in [-0.1, -0.05) is 24.3 Å². The number of hydrogen-bond donors (Lipinski definition) is 2. The van der Waals surface area contributed by atoms with Crippen LogP contribution in [0.5, 0.6) is 0 Å². The van der Waals surface area contributed by atoms with Crippen LogP contribution in [0.3, 0.4) is 0 Å². The third kappa shape index (κ3) is 5.36. The number of carbonyl (C=O) groups excluding carboxylic acids is 1. The van der Waals surface area contributed by atoms with Crippen molar-refractivity contribution in [3.05, 3.63) is 76.9 Å². The number of anilines is 2. The molecule has 2 aromatic heterocycles. The van der Waals surface area contributed by atoms with E-state index in [0.29, 0.717) is 25.3 Å². The van der Waals surface area contributed by atoms with E-state index in [9.17, 15) is 31.1 Å². The van der Waals surface area contributed by atoms with Crippen molar-refractivity contribution in [1.29, 1.82) is 0 Å². The van der Waals surface area contributed by atoms with Crippen molar-refractivity contribution >= 4 is 17.5 Å². The Morgan fingerprint density at radius 1 is 0.943 bits per heavy atom. The van der Waals surface area contributed by atoms with E-state index in [2.05, 4.69) is 20.3 Å². The van der Waals surface area contributed by atoms with Crippen molar-refractivity contribution in [3.8, 4) is 0 Å². The topological polar surface area (TPSA) is 93.8 Å². The lowest BCUT2D eigenvalue weighted by atomic mass is 9.88. The second-order valence-electron chi connectivity index (χ2n) is 8.22. The number of rotatable bonds is 7. The number of alkyl halides is 6. The van der Waals surface area contributed by atoms with Crippen LogP contribution in [0.1, 0.15) is 41.1 Å². The van der Waals surface area contributed by atoms with Gasteiger partial charge in [-0.3, -0.25) is 4.79 Å². The monoisotopic (exact) mass is 495 g/mol. The van der Waals surface area contributed by atoms with Crippen molar-refractivity contribution in [1.82, 2.24) is 15.0 Å². The lowest BCUT2D eigenvalue weighted by molar-refractivity contribution is -0.142. The van der Waals surface area contributed by atoms with Gasteiger partial charge in [-0.05, 0) is 55.0 Å². The van der Waals surface area contributed by atoms with E-state index in [1.54, 1.807) is 24.3 Å². The van der Waals surface area contributed by atoms with Gasteiger partial charge in [-0.25, -0.2) is 15.0 Å². The van der Waals surface area contributed by atoms with Gasteiger partial charge < -0.3 is 11.1 Å². The van der Waals surface area contributed by atoms with Crippen molar-refractivity contribution < 1.29 is 31.1 Å². The first-order valence-electron chi connectivity index (χ1n) is 10.5. The summed E-state index contributed by atoms with van der Waals surface area (Å²) in [6.45, 7) is 0. The number of nitrogens with two attached hydrogens (primary N) is 1. The Balaban J connectivity index is 1.59. The minimum Gasteiger partial charge on any atom is -0.369 e. The largest absolute Gasteiger partial charge is 0.433 e. The molecule has 1 amide bonds. The van der Waals surface area contributed by atoms with Gasteiger partial charge in [0.15, 0.2) is 0 Å². The number of pyridine rings is 1. The van der Waals surface area contributed by atoms with E-state index < -0.39 is 41.0 Å². The minimum absolute atomic E-state index is 0.00856. The highest BCUT2D eigenvalue weighted by Gasteiger charge is 2.50. The second-order valence-corrected chi connectivity index (χ2v) is 8.22. The Kier molecular flexibility index (Phi) is 6.16. The molecule has 0 spiro atoms. The Hall–Kier alpha value is -3.70. The SMILES string of the molecule is NC(=O)C1(c2ccccc2CCc2cc(C(F)(F)F)nc(Nc3ccc(C(F)(F)F)nc3)n2)CC1. The third-order valence-electron chi connectivity index (χ3n) is 5.78. The van der Waals surface area contributed by atoms with E-state index in [1.807, 2.05) is 0 Å². The van der Waals surface area contributed by atoms with Gasteiger partial charge in [0.05, 0.1) is 17.3 Å². The van der Waals surface area contributed by atoms with Gasteiger partial charge in [0.1, 0.15) is 11.4 Å². The fraction of sp³-hybridized carbons (Fsp3) is 0.304. The van der Waals surface area contributed by atoms with Crippen LogP contribution < -0.4 is 11.1 Å². The van der Waals surface area contributed by atoms with E-state index in [1.165, 1.54) is 0 Å². The molecule has 184 valence electrons. The molecular formula is C23H19F6N5O. The molecule has 1 aromatic carbocycles. The number of benzene rings is 1. The number of nitrogens with zero attached hydrogens (tertiary/aromatic N) is 3. The first-order valence-corrected chi connectivity index (χ1v) is 10.5. The highest BCUT2D eigenvalue weighted by molar-refractivity contribution is 5.90. The summed E-state index contributed by atoms with van der Waals surface area (Å²) in [7, 11) is 0. The van der Waals surface area contributed by atoms with Gasteiger partial charge in [-0.15, -0.1) is 0 Å². The summed E-state index contributed by atoms with van der Waals surface area (Å²) in [5.41, 5.74) is 4.07. The van der Waals surface area contributed by atoms with Crippen LogP contribution in [0.2, 0.25) is 0 Å². The van der Waals surface area contributed by atoms with Crippen LogP contribution >= 0.6 is 0 Å². The predicted molar refractivity (Wildman–Crippen MR) is 114 cm³/mol. The van der Waals surface area contributed by atoms with E-state index in [-0.39, 0.29) is 17.8 Å². The van der Waals surface area contributed by atoms with Crippen molar-refractivity contribution in [2.45, 2.75) is 43.5 Å². The maximum Gasteiger partial charge on any atom is 0.433 e. The Labute approximate surface area is 195 Å². The standard InChI is InChI=1S/C23H19F6N5O/c24-22(25,26)17-8-7-15(12-31-17)33-20-32-14(11-18(34-20)23(27,28)29)6-5-13-3-1-2-4-16(13)21(9-10-21)19(30)35/h1-4,7-8,11-12H,5-6,9-10H2,(H2,30,35)(H,32,33,34). The summed E-state index contributed by atoms with van der Waals surface area (Å²) in [5.74, 6) is -0.872. The summed E-state index contributed by atoms with van der Waals surface area (Å²) in [5, 5.41) is 2.48. The maximum absolute atomic E-state index is 13.4. The highest BCUT2D eigenvalue weighted by Crippen LogP contribution is 2.49. The summed E-state index contributed by atoms with van der Waals surface area (Å²) in [4.78, 5) is 22.8. The Morgan fingerprint density at radius 2 is 1.63 bits per heavy atom. The zero-order valence-electron chi connectivity index (χ0n) is 18.0. The fourth-order valence-electron chi connectivity index (χ4n) is 3.83. The lowest BCUT2D eigenvalue weighted by Crippen LogP contribution is -2.29. The zero-order chi connectivity index (χ0) is 25.4. The zero-order valence-corrected chi connectivity index (χ0v) is 18.0. The number of halogens is 6. The van der Waals surface area contributed by atoms with Gasteiger partial charge in [0.2, 0.25) is 11.9 Å². The van der Waals surface area contributed by atoms with Gasteiger partial charge in [-0.2, -0.15) is 26.3 Å². The van der Waals surface area contributed by atoms with E-state index >= 15 is 0 Å². The van der Waals surface area contributed by atoms with Gasteiger partial charge in [0.25, 0.3) is 0 Å². The van der Waals surface area contributed by atoms with E-state index in [4.69, 9.17) is 5.73 Å². The average molecular weight is 495 g/mol. The number of carbonyl (C=O) groups is 1. The molecule has 6 nitrogen and oxygen atoms in total. The second kappa shape index (κ2) is 8.82. The summed E-state index contributed by atoms with van der Waals surface area (Å²) < 4.78 is 78.4. The molecule has 1 aliphatic rings. The number of aryl methyl sites for hydroxylation is 2. The lowest BCUT2D eigenvalue weighted by Gasteiger charge is -2.17. The number of amides is 1. The molecule has 1 saturated carbocycles. The van der Waals surface area contributed by atoms with Crippen molar-refractivity contribution in [3.63, 3.8) is 0 Å². The fourth-order valence-corrected chi connectivity index (χ4v) is 3.83. The van der Waals surface area contributed by atoms with Gasteiger partial charge >= 0.3 is 12.4 Å². The number of hydrogen-bond acceptors (Lipinski definition) is 5. The van der Waals surface area contributed by atoms with Crippen LogP contribution in [0.4, 0.5) is 38.0 Å². The molecule has 3 N–H and O–H groups in total. The minimum atomic E-state index is -4.77. The molecule has 0 bridgehead atoms. The van der Waals surface area contributed by atoms with Crippen LogP contribution in [0.15, 0.2) is 48.7 Å². The first-order chi connectivity index (χ1) is 16.4. The number of aromatic nitrogens is 3. The molecule has 1 fully saturated rings. The number of primary amides is 1. The van der Waals surface area contributed by atoms with Crippen LogP contribution in [-0.4, -0.2) is 20.9 Å². The highest BCUT2D eigenvalue weighted by atomic mass is 19.4. The maximum atomic E-state index is 13.4. The summed E-state index contributed by atoms with van der Waals surface area (Å²) in [6, 6.07) is 9.65. The Morgan fingerprint density at radius 3 is 2.20 bits per heavy atom. The van der Waals surface area contributed by atoms with Crippen molar-refractivity contribution in [2.24, 2.45) is 5.73 Å².